The Kier molecular flexibility index (Phi) is 7.24. The van der Waals surface area contributed by atoms with Gasteiger partial charge in [-0.1, -0.05) is 12.2 Å². The number of ether oxygens (including phenoxy) is 1. The molecule has 8 heteroatoms. The molecule has 6 nitrogen and oxygen atoms in total. The Balaban J connectivity index is 4.02. The van der Waals surface area contributed by atoms with Crippen LogP contribution in [0.4, 0.5) is 0 Å². The molecule has 1 atom stereocenters. The predicted octanol–water partition coefficient (Wildman–Crippen LogP) is -0.0763. The molecule has 1 unspecified atom stereocenters. The van der Waals surface area contributed by atoms with Gasteiger partial charge in [-0.05, 0) is 26.2 Å². The second-order valence-electron chi connectivity index (χ2n) is 3.53. The van der Waals surface area contributed by atoms with E-state index in [2.05, 4.69) is 21.7 Å². The SMILES string of the molecule is COC(=O)C(C)S(=O)(=O)NCCCCC(N)=S. The lowest BCUT2D eigenvalue weighted by Crippen LogP contribution is -2.38. The van der Waals surface area contributed by atoms with Crippen molar-refractivity contribution in [3.8, 4) is 0 Å². The molecular formula is C9H18N2O4S2. The van der Waals surface area contributed by atoms with Crippen LogP contribution in [-0.4, -0.2) is 38.3 Å². The van der Waals surface area contributed by atoms with E-state index < -0.39 is 21.2 Å². The normalized spacial score (nSPS) is 13.1. The topological polar surface area (TPSA) is 98.5 Å². The lowest BCUT2D eigenvalue weighted by Gasteiger charge is -2.11. The molecule has 0 aliphatic heterocycles. The van der Waals surface area contributed by atoms with Crippen LogP contribution < -0.4 is 10.5 Å². The zero-order chi connectivity index (χ0) is 13.5. The van der Waals surface area contributed by atoms with Crippen molar-refractivity contribution in [3.63, 3.8) is 0 Å². The third-order valence-corrected chi connectivity index (χ3v) is 4.09. The van der Waals surface area contributed by atoms with Gasteiger partial charge in [-0.25, -0.2) is 13.1 Å². The summed E-state index contributed by atoms with van der Waals surface area (Å²) in [6.45, 7) is 1.54. The quantitative estimate of drug-likeness (QED) is 0.367. The smallest absolute Gasteiger partial charge is 0.325 e. The number of thiocarbonyl (C=S) groups is 1. The first-order chi connectivity index (χ1) is 7.81. The Morgan fingerprint density at radius 2 is 2.06 bits per heavy atom. The molecule has 0 aromatic heterocycles. The predicted molar refractivity (Wildman–Crippen MR) is 69.0 cm³/mol. The lowest BCUT2D eigenvalue weighted by molar-refractivity contribution is -0.139. The maximum absolute atomic E-state index is 11.6. The van der Waals surface area contributed by atoms with Crippen molar-refractivity contribution in [1.82, 2.24) is 4.72 Å². The number of nitrogens with two attached hydrogens (primary N) is 1. The molecule has 0 spiro atoms. The van der Waals surface area contributed by atoms with Gasteiger partial charge in [0.25, 0.3) is 0 Å². The minimum Gasteiger partial charge on any atom is -0.468 e. The van der Waals surface area contributed by atoms with Gasteiger partial charge in [0, 0.05) is 6.54 Å². The zero-order valence-corrected chi connectivity index (χ0v) is 11.6. The highest BCUT2D eigenvalue weighted by Crippen LogP contribution is 2.01. The van der Waals surface area contributed by atoms with Gasteiger partial charge in [0.1, 0.15) is 0 Å². The van der Waals surface area contributed by atoms with Crippen LogP contribution >= 0.6 is 12.2 Å². The third kappa shape index (κ3) is 6.54. The van der Waals surface area contributed by atoms with Gasteiger partial charge in [-0.2, -0.15) is 0 Å². The molecule has 17 heavy (non-hydrogen) atoms. The number of unbranched alkanes of at least 4 members (excludes halogenated alkanes) is 1. The summed E-state index contributed by atoms with van der Waals surface area (Å²) >= 11 is 4.69. The highest BCUT2D eigenvalue weighted by Gasteiger charge is 2.27. The first-order valence-electron chi connectivity index (χ1n) is 5.16. The number of hydrogen-bond acceptors (Lipinski definition) is 5. The second-order valence-corrected chi connectivity index (χ2v) is 6.14. The Bertz CT molecular complexity index is 367. The molecule has 0 saturated carbocycles. The molecule has 0 fully saturated rings. The van der Waals surface area contributed by atoms with E-state index in [-0.39, 0.29) is 6.54 Å². The minimum absolute atomic E-state index is 0.256. The van der Waals surface area contributed by atoms with Crippen LogP contribution in [0.15, 0.2) is 0 Å². The Morgan fingerprint density at radius 3 is 2.53 bits per heavy atom. The van der Waals surface area contributed by atoms with Gasteiger partial charge in [0.15, 0.2) is 5.25 Å². The zero-order valence-electron chi connectivity index (χ0n) is 9.93. The van der Waals surface area contributed by atoms with E-state index in [1.807, 2.05) is 0 Å². The van der Waals surface area contributed by atoms with Crippen LogP contribution in [0, 0.1) is 0 Å². The first-order valence-corrected chi connectivity index (χ1v) is 7.11. The van der Waals surface area contributed by atoms with Gasteiger partial charge < -0.3 is 10.5 Å². The standard InChI is InChI=1S/C9H18N2O4S2/c1-7(9(12)15-2)17(13,14)11-6-4-3-5-8(10)16/h7,11H,3-6H2,1-2H3,(H2,10,16). The van der Waals surface area contributed by atoms with Crippen molar-refractivity contribution in [2.45, 2.75) is 31.4 Å². The number of hydrogen-bond donors (Lipinski definition) is 2. The van der Waals surface area contributed by atoms with E-state index >= 15 is 0 Å². The number of esters is 1. The number of rotatable bonds is 8. The van der Waals surface area contributed by atoms with Crippen molar-refractivity contribution in [2.75, 3.05) is 13.7 Å². The number of nitrogens with one attached hydrogen (secondary N) is 1. The summed E-state index contributed by atoms with van der Waals surface area (Å²) in [5.41, 5.74) is 5.30. The lowest BCUT2D eigenvalue weighted by atomic mass is 10.2. The molecule has 0 aromatic carbocycles. The molecule has 0 heterocycles. The van der Waals surface area contributed by atoms with Crippen molar-refractivity contribution in [1.29, 1.82) is 0 Å². The van der Waals surface area contributed by atoms with Gasteiger partial charge >= 0.3 is 5.97 Å². The van der Waals surface area contributed by atoms with Crippen LogP contribution in [0.3, 0.4) is 0 Å². The highest BCUT2D eigenvalue weighted by molar-refractivity contribution is 7.90. The summed E-state index contributed by atoms with van der Waals surface area (Å²) in [6, 6.07) is 0. The van der Waals surface area contributed by atoms with Gasteiger partial charge in [0.2, 0.25) is 10.0 Å². The number of carbonyl (C=O) groups excluding carboxylic acids is 1. The monoisotopic (exact) mass is 282 g/mol. The Hall–Kier alpha value is -0.730. The average Bonchev–Trinajstić information content (AvgIpc) is 2.25. The maximum Gasteiger partial charge on any atom is 0.325 e. The molecule has 0 aliphatic carbocycles. The molecule has 3 N–H and O–H groups in total. The maximum atomic E-state index is 11.6. The fraction of sp³-hybridized carbons (Fsp3) is 0.778. The largest absolute Gasteiger partial charge is 0.468 e. The van der Waals surface area contributed by atoms with Crippen LogP contribution in [-0.2, 0) is 19.6 Å². The van der Waals surface area contributed by atoms with Crippen molar-refractivity contribution in [2.24, 2.45) is 5.73 Å². The summed E-state index contributed by atoms with van der Waals surface area (Å²) in [7, 11) is -2.51. The molecule has 0 rings (SSSR count). The van der Waals surface area contributed by atoms with Gasteiger partial charge in [0.05, 0.1) is 12.1 Å². The number of methoxy groups -OCH3 is 1. The summed E-state index contributed by atoms with van der Waals surface area (Å²) in [6.07, 6.45) is 1.92. The fourth-order valence-electron chi connectivity index (χ4n) is 1.06. The molecule has 0 bridgehead atoms. The molecule has 0 amide bonds. The second kappa shape index (κ2) is 7.57. The molecule has 100 valence electrons. The number of sulfonamides is 1. The Morgan fingerprint density at radius 1 is 1.47 bits per heavy atom. The van der Waals surface area contributed by atoms with E-state index in [1.54, 1.807) is 0 Å². The first kappa shape index (κ1) is 16.3. The molecule has 0 radical (unpaired) electrons. The van der Waals surface area contributed by atoms with Crippen molar-refractivity contribution < 1.29 is 17.9 Å². The third-order valence-electron chi connectivity index (χ3n) is 2.15. The molecular weight excluding hydrogens is 264 g/mol. The van der Waals surface area contributed by atoms with Crippen LogP contribution in [0.5, 0.6) is 0 Å². The molecule has 0 aliphatic rings. The average molecular weight is 282 g/mol. The van der Waals surface area contributed by atoms with E-state index in [4.69, 9.17) is 5.73 Å². The summed E-state index contributed by atoms with van der Waals surface area (Å²) in [5.74, 6) is -0.777. The summed E-state index contributed by atoms with van der Waals surface area (Å²) in [4.78, 5) is 11.5. The summed E-state index contributed by atoms with van der Waals surface area (Å²) < 4.78 is 29.8. The van der Waals surface area contributed by atoms with Crippen LogP contribution in [0.2, 0.25) is 0 Å². The highest BCUT2D eigenvalue weighted by atomic mass is 32.2. The minimum atomic E-state index is -3.66. The van der Waals surface area contributed by atoms with Gasteiger partial charge in [-0.15, -0.1) is 0 Å². The number of carbonyl (C=O) groups is 1. The summed E-state index contributed by atoms with van der Waals surface area (Å²) in [5, 5.41) is -1.21. The van der Waals surface area contributed by atoms with E-state index in [0.29, 0.717) is 24.3 Å². The van der Waals surface area contributed by atoms with Crippen molar-refractivity contribution >= 4 is 33.2 Å². The van der Waals surface area contributed by atoms with Crippen LogP contribution in [0.1, 0.15) is 26.2 Å². The van der Waals surface area contributed by atoms with E-state index in [9.17, 15) is 13.2 Å². The van der Waals surface area contributed by atoms with Crippen molar-refractivity contribution in [3.05, 3.63) is 0 Å². The van der Waals surface area contributed by atoms with Crippen LogP contribution in [0.25, 0.3) is 0 Å². The van der Waals surface area contributed by atoms with E-state index in [1.165, 1.54) is 6.92 Å². The van der Waals surface area contributed by atoms with Gasteiger partial charge in [-0.3, -0.25) is 4.79 Å². The Labute approximate surface area is 107 Å². The molecule has 0 aromatic rings. The fourth-order valence-corrected chi connectivity index (χ4v) is 2.23. The molecule has 0 saturated heterocycles. The van der Waals surface area contributed by atoms with E-state index in [0.717, 1.165) is 7.11 Å².